The first-order valence-electron chi connectivity index (χ1n) is 6.53. The van der Waals surface area contributed by atoms with Crippen molar-refractivity contribution in [3.63, 3.8) is 0 Å². The van der Waals surface area contributed by atoms with Gasteiger partial charge in [-0.25, -0.2) is 0 Å². The summed E-state index contributed by atoms with van der Waals surface area (Å²) in [7, 11) is 0. The second-order valence-electron chi connectivity index (χ2n) is 5.49. The van der Waals surface area contributed by atoms with E-state index < -0.39 is 0 Å². The third kappa shape index (κ3) is 5.03. The van der Waals surface area contributed by atoms with Crippen LogP contribution in [0.4, 0.5) is 0 Å². The van der Waals surface area contributed by atoms with Crippen molar-refractivity contribution in [2.75, 3.05) is 32.2 Å². The number of nitrogens with one attached hydrogen (secondary N) is 1. The van der Waals surface area contributed by atoms with Gasteiger partial charge < -0.3 is 10.1 Å². The molecule has 1 N–H and O–H groups in total. The molecule has 0 heterocycles. The summed E-state index contributed by atoms with van der Waals surface area (Å²) < 4.78 is 5.53. The Morgan fingerprint density at radius 1 is 1.31 bits per heavy atom. The molecule has 1 saturated carbocycles. The van der Waals surface area contributed by atoms with Gasteiger partial charge in [-0.1, -0.05) is 26.7 Å². The van der Waals surface area contributed by atoms with E-state index in [1.54, 1.807) is 0 Å². The van der Waals surface area contributed by atoms with E-state index in [0.29, 0.717) is 11.3 Å². The number of alkyl halides is 1. The summed E-state index contributed by atoms with van der Waals surface area (Å²) in [6, 6.07) is 0. The Bertz CT molecular complexity index is 179. The summed E-state index contributed by atoms with van der Waals surface area (Å²) in [5.41, 5.74) is 0.375. The molecule has 3 heteroatoms. The molecule has 16 heavy (non-hydrogen) atoms. The number of hydrogen-bond donors (Lipinski definition) is 1. The zero-order chi connectivity index (χ0) is 11.9. The maximum atomic E-state index is 6.07. The third-order valence-corrected chi connectivity index (χ3v) is 3.89. The van der Waals surface area contributed by atoms with E-state index in [9.17, 15) is 0 Å². The topological polar surface area (TPSA) is 21.3 Å². The van der Waals surface area contributed by atoms with Crippen LogP contribution in [0.15, 0.2) is 0 Å². The predicted molar refractivity (Wildman–Crippen MR) is 70.1 cm³/mol. The molecule has 0 amide bonds. The minimum atomic E-state index is 0.375. The highest BCUT2D eigenvalue weighted by Crippen LogP contribution is 2.38. The molecule has 0 aromatic carbocycles. The second kappa shape index (κ2) is 7.52. The molecule has 0 bridgehead atoms. The molecular weight excluding hydrogens is 222 g/mol. The van der Waals surface area contributed by atoms with E-state index in [-0.39, 0.29) is 0 Å². The maximum absolute atomic E-state index is 6.07. The molecule has 0 aromatic heterocycles. The van der Waals surface area contributed by atoms with Crippen molar-refractivity contribution >= 4 is 11.6 Å². The van der Waals surface area contributed by atoms with Crippen LogP contribution in [0.5, 0.6) is 0 Å². The lowest BCUT2D eigenvalue weighted by Gasteiger charge is -2.26. The van der Waals surface area contributed by atoms with Gasteiger partial charge in [0.25, 0.3) is 0 Å². The molecule has 0 atom stereocenters. The van der Waals surface area contributed by atoms with Crippen LogP contribution in [-0.4, -0.2) is 32.2 Å². The first kappa shape index (κ1) is 14.3. The van der Waals surface area contributed by atoms with Crippen molar-refractivity contribution < 1.29 is 4.74 Å². The molecule has 1 rings (SSSR count). The summed E-state index contributed by atoms with van der Waals surface area (Å²) in [4.78, 5) is 0. The Morgan fingerprint density at radius 2 is 2.00 bits per heavy atom. The Labute approximate surface area is 105 Å². The predicted octanol–water partition coefficient (Wildman–Crippen LogP) is 3.05. The van der Waals surface area contributed by atoms with Crippen LogP contribution in [0.3, 0.4) is 0 Å². The normalized spacial score (nSPS) is 19.5. The molecular formula is C13H26ClNO. The molecule has 2 nitrogen and oxygen atoms in total. The van der Waals surface area contributed by atoms with E-state index in [1.807, 2.05) is 0 Å². The highest BCUT2D eigenvalue weighted by atomic mass is 35.5. The van der Waals surface area contributed by atoms with Crippen molar-refractivity contribution in [3.8, 4) is 0 Å². The molecule has 96 valence electrons. The smallest absolute Gasteiger partial charge is 0.0591 e. The van der Waals surface area contributed by atoms with Crippen LogP contribution < -0.4 is 5.32 Å². The lowest BCUT2D eigenvalue weighted by molar-refractivity contribution is 0.110. The first-order chi connectivity index (χ1) is 7.68. The SMILES string of the molecule is CC(C)COCCNCC1(CCl)CCCC1. The van der Waals surface area contributed by atoms with Crippen molar-refractivity contribution in [3.05, 3.63) is 0 Å². The Kier molecular flexibility index (Phi) is 6.71. The molecule has 0 saturated heterocycles. The van der Waals surface area contributed by atoms with Crippen molar-refractivity contribution in [1.29, 1.82) is 0 Å². The average Bonchev–Trinajstić information content (AvgIpc) is 2.72. The van der Waals surface area contributed by atoms with Gasteiger partial charge >= 0.3 is 0 Å². The minimum absolute atomic E-state index is 0.375. The van der Waals surface area contributed by atoms with Crippen LogP contribution in [0, 0.1) is 11.3 Å². The van der Waals surface area contributed by atoms with Gasteiger partial charge in [0.2, 0.25) is 0 Å². The quantitative estimate of drug-likeness (QED) is 0.526. The van der Waals surface area contributed by atoms with Gasteiger partial charge in [-0.15, -0.1) is 11.6 Å². The van der Waals surface area contributed by atoms with Crippen LogP contribution in [0.2, 0.25) is 0 Å². The molecule has 0 aliphatic heterocycles. The van der Waals surface area contributed by atoms with Crippen LogP contribution >= 0.6 is 11.6 Å². The molecule has 0 unspecified atom stereocenters. The van der Waals surface area contributed by atoms with Crippen molar-refractivity contribution in [1.82, 2.24) is 5.32 Å². The second-order valence-corrected chi connectivity index (χ2v) is 5.75. The van der Waals surface area contributed by atoms with Crippen LogP contribution in [-0.2, 0) is 4.74 Å². The zero-order valence-electron chi connectivity index (χ0n) is 10.7. The molecule has 1 fully saturated rings. The zero-order valence-corrected chi connectivity index (χ0v) is 11.5. The number of ether oxygens (including phenoxy) is 1. The van der Waals surface area contributed by atoms with Gasteiger partial charge in [0, 0.05) is 25.6 Å². The standard InChI is InChI=1S/C13H26ClNO/c1-12(2)9-16-8-7-15-11-13(10-14)5-3-4-6-13/h12,15H,3-11H2,1-2H3. The summed E-state index contributed by atoms with van der Waals surface area (Å²) in [6.45, 7) is 8.04. The van der Waals surface area contributed by atoms with E-state index in [1.165, 1.54) is 25.7 Å². The van der Waals surface area contributed by atoms with Gasteiger partial charge in [-0.3, -0.25) is 0 Å². The fraction of sp³-hybridized carbons (Fsp3) is 1.00. The van der Waals surface area contributed by atoms with Gasteiger partial charge in [0.15, 0.2) is 0 Å². The Morgan fingerprint density at radius 3 is 2.56 bits per heavy atom. The van der Waals surface area contributed by atoms with Gasteiger partial charge in [-0.2, -0.15) is 0 Å². The van der Waals surface area contributed by atoms with Gasteiger partial charge in [0.1, 0.15) is 0 Å². The lowest BCUT2D eigenvalue weighted by Crippen LogP contribution is -2.35. The largest absolute Gasteiger partial charge is 0.380 e. The third-order valence-electron chi connectivity index (χ3n) is 3.32. The van der Waals surface area contributed by atoms with Crippen LogP contribution in [0.1, 0.15) is 39.5 Å². The summed E-state index contributed by atoms with van der Waals surface area (Å²) >= 11 is 6.07. The summed E-state index contributed by atoms with van der Waals surface area (Å²) in [5.74, 6) is 1.43. The minimum Gasteiger partial charge on any atom is -0.380 e. The molecule has 1 aliphatic rings. The average molecular weight is 248 g/mol. The van der Waals surface area contributed by atoms with E-state index in [0.717, 1.165) is 32.2 Å². The Hall–Kier alpha value is 0.210. The molecule has 1 aliphatic carbocycles. The molecule has 0 spiro atoms. The molecule has 0 aromatic rings. The van der Waals surface area contributed by atoms with Crippen molar-refractivity contribution in [2.24, 2.45) is 11.3 Å². The number of rotatable bonds is 8. The van der Waals surface area contributed by atoms with Gasteiger partial charge in [-0.05, 0) is 24.2 Å². The van der Waals surface area contributed by atoms with Crippen LogP contribution in [0.25, 0.3) is 0 Å². The fourth-order valence-electron chi connectivity index (χ4n) is 2.30. The highest BCUT2D eigenvalue weighted by Gasteiger charge is 2.32. The maximum Gasteiger partial charge on any atom is 0.0591 e. The highest BCUT2D eigenvalue weighted by molar-refractivity contribution is 6.18. The van der Waals surface area contributed by atoms with E-state index in [4.69, 9.17) is 16.3 Å². The lowest BCUT2D eigenvalue weighted by atomic mass is 9.88. The number of hydrogen-bond acceptors (Lipinski definition) is 2. The van der Waals surface area contributed by atoms with E-state index in [2.05, 4.69) is 19.2 Å². The Balaban J connectivity index is 2.01. The van der Waals surface area contributed by atoms with Crippen molar-refractivity contribution in [2.45, 2.75) is 39.5 Å². The fourth-order valence-corrected chi connectivity index (χ4v) is 2.66. The summed E-state index contributed by atoms with van der Waals surface area (Å²) in [5, 5.41) is 3.48. The molecule has 0 radical (unpaired) electrons. The summed E-state index contributed by atoms with van der Waals surface area (Å²) in [6.07, 6.45) is 5.27. The first-order valence-corrected chi connectivity index (χ1v) is 7.06. The van der Waals surface area contributed by atoms with Gasteiger partial charge in [0.05, 0.1) is 6.61 Å². The monoisotopic (exact) mass is 247 g/mol. The number of halogens is 1. The van der Waals surface area contributed by atoms with E-state index >= 15 is 0 Å².